The third-order valence-corrected chi connectivity index (χ3v) is 4.35. The molecule has 0 saturated heterocycles. The Kier molecular flexibility index (Phi) is 4.75. The van der Waals surface area contributed by atoms with Crippen LogP contribution in [-0.4, -0.2) is 10.1 Å². The van der Waals surface area contributed by atoms with Crippen LogP contribution in [-0.2, 0) is 0 Å². The highest BCUT2D eigenvalue weighted by Crippen LogP contribution is 2.25. The van der Waals surface area contributed by atoms with Crippen LogP contribution in [0.25, 0.3) is 22.6 Å². The first-order chi connectivity index (χ1) is 13.1. The molecule has 3 aromatic carbocycles. The van der Waals surface area contributed by atoms with E-state index >= 15 is 0 Å². The minimum absolute atomic E-state index is 0.0329. The van der Waals surface area contributed by atoms with Gasteiger partial charge in [0.2, 0.25) is 5.89 Å². The molecule has 0 unspecified atom stereocenters. The van der Waals surface area contributed by atoms with Crippen LogP contribution in [0.3, 0.4) is 0 Å². The molecule has 2 N–H and O–H groups in total. The summed E-state index contributed by atoms with van der Waals surface area (Å²) in [5.74, 6) is 0.0836. The van der Waals surface area contributed by atoms with Crippen molar-refractivity contribution in [3.05, 3.63) is 77.6 Å². The lowest BCUT2D eigenvalue weighted by molar-refractivity contribution is 0.620. The summed E-state index contributed by atoms with van der Waals surface area (Å²) >= 11 is 11.0. The lowest BCUT2D eigenvalue weighted by Crippen LogP contribution is -2.19. The SMILES string of the molecule is Fc1ccc(NC(=S)Nc2ccc(-c3nc4ccccc4o3)cc2)cc1Cl. The number of benzene rings is 3. The molecular formula is C20H13ClFN3OS. The summed E-state index contributed by atoms with van der Waals surface area (Å²) < 4.78 is 19.0. The van der Waals surface area contributed by atoms with Crippen molar-refractivity contribution in [3.8, 4) is 11.5 Å². The van der Waals surface area contributed by atoms with Crippen LogP contribution in [0.1, 0.15) is 0 Å². The molecule has 0 aliphatic rings. The Morgan fingerprint density at radius 1 is 0.963 bits per heavy atom. The van der Waals surface area contributed by atoms with Crippen molar-refractivity contribution < 1.29 is 8.81 Å². The number of rotatable bonds is 3. The molecule has 27 heavy (non-hydrogen) atoms. The van der Waals surface area contributed by atoms with E-state index in [-0.39, 0.29) is 5.02 Å². The Morgan fingerprint density at radius 2 is 1.67 bits per heavy atom. The van der Waals surface area contributed by atoms with Gasteiger partial charge in [0.1, 0.15) is 11.3 Å². The molecule has 4 aromatic rings. The van der Waals surface area contributed by atoms with Crippen LogP contribution in [0.5, 0.6) is 0 Å². The van der Waals surface area contributed by atoms with E-state index in [4.69, 9.17) is 28.2 Å². The quantitative estimate of drug-likeness (QED) is 0.409. The average Bonchev–Trinajstić information content (AvgIpc) is 3.09. The van der Waals surface area contributed by atoms with Gasteiger partial charge in [-0.2, -0.15) is 0 Å². The highest BCUT2D eigenvalue weighted by atomic mass is 35.5. The lowest BCUT2D eigenvalue weighted by Gasteiger charge is -2.11. The number of thiocarbonyl (C=S) groups is 1. The molecule has 1 heterocycles. The normalized spacial score (nSPS) is 10.7. The number of para-hydroxylation sites is 2. The van der Waals surface area contributed by atoms with Crippen LogP contribution in [0, 0.1) is 5.82 Å². The summed E-state index contributed by atoms with van der Waals surface area (Å²) in [6, 6.07) is 19.5. The van der Waals surface area contributed by atoms with Gasteiger partial charge in [0.25, 0.3) is 0 Å². The van der Waals surface area contributed by atoms with Gasteiger partial charge in [-0.05, 0) is 66.8 Å². The van der Waals surface area contributed by atoms with Gasteiger partial charge < -0.3 is 15.1 Å². The zero-order valence-electron chi connectivity index (χ0n) is 13.9. The van der Waals surface area contributed by atoms with E-state index in [1.165, 1.54) is 12.1 Å². The fourth-order valence-corrected chi connectivity index (χ4v) is 2.98. The van der Waals surface area contributed by atoms with E-state index in [9.17, 15) is 4.39 Å². The first-order valence-electron chi connectivity index (χ1n) is 8.07. The molecule has 0 radical (unpaired) electrons. The van der Waals surface area contributed by atoms with Crippen LogP contribution in [0.15, 0.2) is 71.1 Å². The number of oxazole rings is 1. The number of halogens is 2. The van der Waals surface area contributed by atoms with E-state index in [2.05, 4.69) is 15.6 Å². The molecule has 134 valence electrons. The zero-order chi connectivity index (χ0) is 18.8. The lowest BCUT2D eigenvalue weighted by atomic mass is 10.2. The third kappa shape index (κ3) is 3.92. The van der Waals surface area contributed by atoms with Gasteiger partial charge in [-0.1, -0.05) is 23.7 Å². The van der Waals surface area contributed by atoms with Crippen LogP contribution in [0.2, 0.25) is 5.02 Å². The molecule has 0 bridgehead atoms. The Labute approximate surface area is 165 Å². The topological polar surface area (TPSA) is 50.1 Å². The molecular weight excluding hydrogens is 385 g/mol. The first-order valence-corrected chi connectivity index (χ1v) is 8.86. The van der Waals surface area contributed by atoms with Gasteiger partial charge in [-0.25, -0.2) is 9.37 Å². The van der Waals surface area contributed by atoms with E-state index in [0.717, 1.165) is 22.4 Å². The fourth-order valence-electron chi connectivity index (χ4n) is 2.56. The minimum atomic E-state index is -0.476. The van der Waals surface area contributed by atoms with Crippen molar-refractivity contribution in [3.63, 3.8) is 0 Å². The van der Waals surface area contributed by atoms with Crippen molar-refractivity contribution >= 4 is 51.4 Å². The number of hydrogen-bond donors (Lipinski definition) is 2. The van der Waals surface area contributed by atoms with E-state index in [1.54, 1.807) is 6.07 Å². The predicted octanol–water partition coefficient (Wildman–Crippen LogP) is 6.10. The maximum atomic E-state index is 13.2. The van der Waals surface area contributed by atoms with E-state index in [1.807, 2.05) is 48.5 Å². The molecule has 0 aliphatic heterocycles. The number of aromatic nitrogens is 1. The average molecular weight is 398 g/mol. The zero-order valence-corrected chi connectivity index (χ0v) is 15.4. The van der Waals surface area contributed by atoms with Gasteiger partial charge in [-0.15, -0.1) is 0 Å². The molecule has 0 aliphatic carbocycles. The van der Waals surface area contributed by atoms with Gasteiger partial charge in [-0.3, -0.25) is 0 Å². The first kappa shape index (κ1) is 17.5. The Morgan fingerprint density at radius 3 is 2.41 bits per heavy atom. The van der Waals surface area contributed by atoms with Crippen molar-refractivity contribution in [1.29, 1.82) is 0 Å². The smallest absolute Gasteiger partial charge is 0.227 e. The molecule has 0 saturated carbocycles. The second kappa shape index (κ2) is 7.34. The Hall–Kier alpha value is -2.96. The molecule has 4 nitrogen and oxygen atoms in total. The third-order valence-electron chi connectivity index (χ3n) is 3.86. The highest BCUT2D eigenvalue weighted by Gasteiger charge is 2.08. The van der Waals surface area contributed by atoms with Gasteiger partial charge in [0.15, 0.2) is 10.7 Å². The molecule has 1 aromatic heterocycles. The standard InChI is InChI=1S/C20H13ClFN3OS/c21-15-11-14(9-10-16(15)22)24-20(27)23-13-7-5-12(6-8-13)19-25-17-3-1-2-4-18(17)26-19/h1-11H,(H2,23,24,27). The number of nitrogens with zero attached hydrogens (tertiary/aromatic N) is 1. The van der Waals surface area contributed by atoms with Crippen LogP contribution >= 0.6 is 23.8 Å². The number of anilines is 2. The second-order valence-electron chi connectivity index (χ2n) is 5.77. The second-order valence-corrected chi connectivity index (χ2v) is 6.59. The van der Waals surface area contributed by atoms with Crippen molar-refractivity contribution in [1.82, 2.24) is 4.98 Å². The maximum absolute atomic E-state index is 13.2. The Balaban J connectivity index is 1.45. The van der Waals surface area contributed by atoms with Crippen LogP contribution in [0.4, 0.5) is 15.8 Å². The molecule has 0 amide bonds. The number of hydrogen-bond acceptors (Lipinski definition) is 3. The predicted molar refractivity (Wildman–Crippen MR) is 111 cm³/mol. The molecule has 7 heteroatoms. The van der Waals surface area contributed by atoms with Crippen molar-refractivity contribution in [2.45, 2.75) is 0 Å². The fraction of sp³-hybridized carbons (Fsp3) is 0. The largest absolute Gasteiger partial charge is 0.436 e. The molecule has 0 spiro atoms. The van der Waals surface area contributed by atoms with Gasteiger partial charge in [0.05, 0.1) is 5.02 Å². The molecule has 0 atom stereocenters. The number of nitrogens with one attached hydrogen (secondary N) is 2. The Bertz CT molecular complexity index is 1090. The van der Waals surface area contributed by atoms with Gasteiger partial charge >= 0.3 is 0 Å². The van der Waals surface area contributed by atoms with Crippen molar-refractivity contribution in [2.75, 3.05) is 10.6 Å². The van der Waals surface area contributed by atoms with E-state index in [0.29, 0.717) is 16.7 Å². The van der Waals surface area contributed by atoms with Crippen molar-refractivity contribution in [2.24, 2.45) is 0 Å². The summed E-state index contributed by atoms with van der Waals surface area (Å²) in [5, 5.41) is 6.42. The molecule has 0 fully saturated rings. The van der Waals surface area contributed by atoms with E-state index < -0.39 is 5.82 Å². The molecule has 4 rings (SSSR count). The summed E-state index contributed by atoms with van der Waals surface area (Å²) in [6.07, 6.45) is 0. The maximum Gasteiger partial charge on any atom is 0.227 e. The number of fused-ring (bicyclic) bond motifs is 1. The summed E-state index contributed by atoms with van der Waals surface area (Å²) in [5.41, 5.74) is 3.82. The van der Waals surface area contributed by atoms with Gasteiger partial charge in [0, 0.05) is 16.9 Å². The monoisotopic (exact) mass is 397 g/mol. The summed E-state index contributed by atoms with van der Waals surface area (Å²) in [7, 11) is 0. The highest BCUT2D eigenvalue weighted by molar-refractivity contribution is 7.80. The minimum Gasteiger partial charge on any atom is -0.436 e. The summed E-state index contributed by atoms with van der Waals surface area (Å²) in [4.78, 5) is 4.48. The van der Waals surface area contributed by atoms with Crippen LogP contribution < -0.4 is 10.6 Å². The summed E-state index contributed by atoms with van der Waals surface area (Å²) in [6.45, 7) is 0.